The van der Waals surface area contributed by atoms with E-state index in [1.807, 2.05) is 0 Å². The highest BCUT2D eigenvalue weighted by molar-refractivity contribution is 5.90. The van der Waals surface area contributed by atoms with Gasteiger partial charge in [0.2, 0.25) is 5.91 Å². The van der Waals surface area contributed by atoms with Crippen molar-refractivity contribution in [1.29, 1.82) is 0 Å². The Morgan fingerprint density at radius 3 is 2.76 bits per heavy atom. The van der Waals surface area contributed by atoms with Crippen molar-refractivity contribution in [3.8, 4) is 0 Å². The maximum atomic E-state index is 11.3. The summed E-state index contributed by atoms with van der Waals surface area (Å²) in [6.07, 6.45) is 0. The van der Waals surface area contributed by atoms with E-state index in [0.29, 0.717) is 23.6 Å². The first-order chi connectivity index (χ1) is 7.95. The molecule has 0 fully saturated rings. The summed E-state index contributed by atoms with van der Waals surface area (Å²) in [5.41, 5.74) is 5.48. The molecule has 94 valence electrons. The minimum absolute atomic E-state index is 0.321. The molecule has 1 unspecified atom stereocenters. The minimum Gasteiger partial charge on any atom is -0.465 e. The van der Waals surface area contributed by atoms with E-state index in [-0.39, 0.29) is 0 Å². The second-order valence-electron chi connectivity index (χ2n) is 3.68. The van der Waals surface area contributed by atoms with E-state index in [1.54, 1.807) is 19.9 Å². The fourth-order valence-electron chi connectivity index (χ4n) is 1.30. The highest BCUT2D eigenvalue weighted by Crippen LogP contribution is 2.15. The van der Waals surface area contributed by atoms with Crippen molar-refractivity contribution in [2.24, 2.45) is 5.73 Å². The van der Waals surface area contributed by atoms with E-state index in [9.17, 15) is 9.59 Å². The number of rotatable bonds is 5. The van der Waals surface area contributed by atoms with Crippen molar-refractivity contribution in [1.82, 2.24) is 5.32 Å². The Morgan fingerprint density at radius 2 is 2.24 bits per heavy atom. The van der Waals surface area contributed by atoms with Gasteiger partial charge in [-0.1, -0.05) is 0 Å². The molecule has 0 radical (unpaired) electrons. The molecule has 0 aliphatic rings. The highest BCUT2D eigenvalue weighted by Gasteiger charge is 2.16. The van der Waals surface area contributed by atoms with Crippen molar-refractivity contribution in [3.63, 3.8) is 0 Å². The van der Waals surface area contributed by atoms with Gasteiger partial charge in [-0.15, -0.1) is 0 Å². The van der Waals surface area contributed by atoms with Gasteiger partial charge in [0, 0.05) is 0 Å². The first-order valence-corrected chi connectivity index (χ1v) is 5.16. The monoisotopic (exact) mass is 240 g/mol. The Labute approximate surface area is 99.1 Å². The van der Waals surface area contributed by atoms with Crippen LogP contribution in [0.3, 0.4) is 0 Å². The first-order valence-electron chi connectivity index (χ1n) is 5.16. The summed E-state index contributed by atoms with van der Waals surface area (Å²) in [6.45, 7) is 3.65. The van der Waals surface area contributed by atoms with Crippen molar-refractivity contribution in [2.75, 3.05) is 7.11 Å². The number of ether oxygens (including phenoxy) is 1. The fourth-order valence-corrected chi connectivity index (χ4v) is 1.30. The molecule has 17 heavy (non-hydrogen) atoms. The second kappa shape index (κ2) is 5.49. The van der Waals surface area contributed by atoms with E-state index in [0.717, 1.165) is 0 Å². The van der Waals surface area contributed by atoms with Gasteiger partial charge in [0.1, 0.15) is 17.1 Å². The molecule has 0 saturated heterocycles. The lowest BCUT2D eigenvalue weighted by Crippen LogP contribution is -2.38. The van der Waals surface area contributed by atoms with E-state index in [1.165, 1.54) is 7.11 Å². The van der Waals surface area contributed by atoms with Crippen LogP contribution in [0.25, 0.3) is 0 Å². The predicted octanol–water partition coefficient (Wildman–Crippen LogP) is 0.338. The smallest absolute Gasteiger partial charge is 0.341 e. The van der Waals surface area contributed by atoms with Crippen LogP contribution in [-0.2, 0) is 16.1 Å². The molecule has 1 heterocycles. The molecule has 1 atom stereocenters. The van der Waals surface area contributed by atoms with Gasteiger partial charge in [0.05, 0.1) is 19.7 Å². The maximum Gasteiger partial charge on any atom is 0.341 e. The number of nitrogens with one attached hydrogen (secondary N) is 1. The quantitative estimate of drug-likeness (QED) is 0.723. The third-order valence-corrected chi connectivity index (χ3v) is 2.38. The van der Waals surface area contributed by atoms with Gasteiger partial charge >= 0.3 is 5.97 Å². The zero-order valence-corrected chi connectivity index (χ0v) is 10.1. The number of hydrogen-bond donors (Lipinski definition) is 2. The van der Waals surface area contributed by atoms with Crippen LogP contribution >= 0.6 is 0 Å². The standard InChI is InChI=1S/C11H16N2O4/c1-6(10(12)14)13-5-8-4-9(7(2)17-8)11(15)16-3/h4,6,13H,5H2,1-3H3,(H2,12,14). The van der Waals surface area contributed by atoms with Gasteiger partial charge in [-0.3, -0.25) is 10.1 Å². The summed E-state index contributed by atoms with van der Waals surface area (Å²) in [5, 5.41) is 2.88. The summed E-state index contributed by atoms with van der Waals surface area (Å²) in [5.74, 6) is 0.151. The number of methoxy groups -OCH3 is 1. The summed E-state index contributed by atoms with van der Waals surface area (Å²) in [6, 6.07) is 1.13. The SMILES string of the molecule is COC(=O)c1cc(CNC(C)C(N)=O)oc1C. The molecule has 6 heteroatoms. The lowest BCUT2D eigenvalue weighted by molar-refractivity contribution is -0.119. The first kappa shape index (κ1) is 13.2. The second-order valence-corrected chi connectivity index (χ2v) is 3.68. The van der Waals surface area contributed by atoms with Gasteiger partial charge in [0.25, 0.3) is 0 Å². The number of carbonyl (C=O) groups is 2. The molecule has 1 rings (SSSR count). The van der Waals surface area contributed by atoms with Crippen LogP contribution in [-0.4, -0.2) is 25.0 Å². The molecular weight excluding hydrogens is 224 g/mol. The third-order valence-electron chi connectivity index (χ3n) is 2.38. The molecule has 0 spiro atoms. The van der Waals surface area contributed by atoms with E-state index in [2.05, 4.69) is 10.1 Å². The minimum atomic E-state index is -0.456. The van der Waals surface area contributed by atoms with Crippen LogP contribution in [0.5, 0.6) is 0 Å². The van der Waals surface area contributed by atoms with Crippen LogP contribution in [0.2, 0.25) is 0 Å². The molecule has 6 nitrogen and oxygen atoms in total. The molecule has 1 aromatic heterocycles. The maximum absolute atomic E-state index is 11.3. The number of esters is 1. The fraction of sp³-hybridized carbons (Fsp3) is 0.455. The lowest BCUT2D eigenvalue weighted by atomic mass is 10.2. The average Bonchev–Trinajstić information content (AvgIpc) is 2.66. The van der Waals surface area contributed by atoms with E-state index >= 15 is 0 Å². The Morgan fingerprint density at radius 1 is 1.59 bits per heavy atom. The molecule has 0 aliphatic heterocycles. The molecule has 1 amide bonds. The number of hydrogen-bond acceptors (Lipinski definition) is 5. The highest BCUT2D eigenvalue weighted by atomic mass is 16.5. The van der Waals surface area contributed by atoms with Crippen molar-refractivity contribution in [3.05, 3.63) is 23.2 Å². The largest absolute Gasteiger partial charge is 0.465 e. The van der Waals surface area contributed by atoms with Crippen LogP contribution < -0.4 is 11.1 Å². The Bertz CT molecular complexity index is 425. The number of aryl methyl sites for hydroxylation is 1. The van der Waals surface area contributed by atoms with E-state index < -0.39 is 17.9 Å². The van der Waals surface area contributed by atoms with Crippen molar-refractivity contribution >= 4 is 11.9 Å². The third kappa shape index (κ3) is 3.32. The van der Waals surface area contributed by atoms with Gasteiger partial charge in [-0.05, 0) is 19.9 Å². The molecular formula is C11H16N2O4. The normalized spacial score (nSPS) is 12.2. The summed E-state index contributed by atoms with van der Waals surface area (Å²) in [4.78, 5) is 22.1. The Hall–Kier alpha value is -1.82. The lowest BCUT2D eigenvalue weighted by Gasteiger charge is -2.07. The summed E-state index contributed by atoms with van der Waals surface area (Å²) in [7, 11) is 1.31. The topological polar surface area (TPSA) is 94.6 Å². The zero-order valence-electron chi connectivity index (χ0n) is 10.1. The number of primary amides is 1. The molecule has 0 aromatic carbocycles. The van der Waals surface area contributed by atoms with Crippen molar-refractivity contribution in [2.45, 2.75) is 26.4 Å². The van der Waals surface area contributed by atoms with Gasteiger partial charge < -0.3 is 14.9 Å². The molecule has 0 saturated carbocycles. The van der Waals surface area contributed by atoms with Crippen LogP contribution in [0, 0.1) is 6.92 Å². The summed E-state index contributed by atoms with van der Waals surface area (Å²) >= 11 is 0. The summed E-state index contributed by atoms with van der Waals surface area (Å²) < 4.78 is 9.95. The van der Waals surface area contributed by atoms with Gasteiger partial charge in [-0.25, -0.2) is 4.79 Å². The van der Waals surface area contributed by atoms with E-state index in [4.69, 9.17) is 10.2 Å². The van der Waals surface area contributed by atoms with Crippen LogP contribution in [0.15, 0.2) is 10.5 Å². The molecule has 1 aromatic rings. The molecule has 0 aliphatic carbocycles. The van der Waals surface area contributed by atoms with Crippen LogP contribution in [0.1, 0.15) is 28.8 Å². The van der Waals surface area contributed by atoms with Gasteiger partial charge in [-0.2, -0.15) is 0 Å². The number of carbonyl (C=O) groups excluding carboxylic acids is 2. The number of nitrogens with two attached hydrogens (primary N) is 1. The predicted molar refractivity (Wildman–Crippen MR) is 60.3 cm³/mol. The molecule has 0 bridgehead atoms. The zero-order chi connectivity index (χ0) is 13.0. The Kier molecular flexibility index (Phi) is 4.28. The number of amides is 1. The number of furan rings is 1. The molecule has 3 N–H and O–H groups in total. The van der Waals surface area contributed by atoms with Gasteiger partial charge in [0.15, 0.2) is 0 Å². The van der Waals surface area contributed by atoms with Crippen LogP contribution in [0.4, 0.5) is 0 Å². The average molecular weight is 240 g/mol. The van der Waals surface area contributed by atoms with Crippen molar-refractivity contribution < 1.29 is 18.7 Å². The Balaban J connectivity index is 2.68.